The Kier molecular flexibility index (Phi) is 2.24. The van der Waals surface area contributed by atoms with Crippen LogP contribution in [0.5, 0.6) is 0 Å². The van der Waals surface area contributed by atoms with Gasteiger partial charge in [0.1, 0.15) is 0 Å². The van der Waals surface area contributed by atoms with Gasteiger partial charge in [0, 0.05) is 23.3 Å². The average molecular weight is 224 g/mol. The summed E-state index contributed by atoms with van der Waals surface area (Å²) >= 11 is 5.79. The smallest absolute Gasteiger partial charge is 0.218 e. The lowest BCUT2D eigenvalue weighted by Gasteiger charge is -2.00. The van der Waals surface area contributed by atoms with Gasteiger partial charge in [-0.05, 0) is 18.2 Å². The molecule has 2 rings (SSSR count). The predicted octanol–water partition coefficient (Wildman–Crippen LogP) is 1.30. The van der Waals surface area contributed by atoms with E-state index in [-0.39, 0.29) is 0 Å². The number of aromatic nitrogens is 3. The molecule has 78 valence electrons. The lowest BCUT2D eigenvalue weighted by atomic mass is 10.2. The first-order valence-corrected chi connectivity index (χ1v) is 4.67. The van der Waals surface area contributed by atoms with Crippen molar-refractivity contribution in [2.24, 2.45) is 7.05 Å². The SMILES string of the molecule is Cn1nc(-c2ccc(Cl)cc2N)nc1N. The van der Waals surface area contributed by atoms with Crippen LogP contribution in [0.15, 0.2) is 18.2 Å². The molecular formula is C9H10ClN5. The van der Waals surface area contributed by atoms with Gasteiger partial charge in [-0.3, -0.25) is 0 Å². The Bertz CT molecular complexity index is 486. The molecule has 1 aromatic heterocycles. The van der Waals surface area contributed by atoms with Crippen molar-refractivity contribution < 1.29 is 0 Å². The van der Waals surface area contributed by atoms with E-state index in [0.29, 0.717) is 22.5 Å². The Balaban J connectivity index is 2.54. The highest BCUT2D eigenvalue weighted by atomic mass is 35.5. The third kappa shape index (κ3) is 1.73. The van der Waals surface area contributed by atoms with Crippen molar-refractivity contribution in [1.29, 1.82) is 0 Å². The molecular weight excluding hydrogens is 214 g/mol. The van der Waals surface area contributed by atoms with Crippen molar-refractivity contribution in [3.8, 4) is 11.4 Å². The zero-order chi connectivity index (χ0) is 11.0. The zero-order valence-electron chi connectivity index (χ0n) is 8.11. The number of hydrogen-bond donors (Lipinski definition) is 2. The first-order valence-electron chi connectivity index (χ1n) is 4.30. The van der Waals surface area contributed by atoms with E-state index >= 15 is 0 Å². The predicted molar refractivity (Wildman–Crippen MR) is 60.3 cm³/mol. The summed E-state index contributed by atoms with van der Waals surface area (Å²) < 4.78 is 1.49. The third-order valence-electron chi connectivity index (χ3n) is 2.05. The largest absolute Gasteiger partial charge is 0.398 e. The molecule has 6 heteroatoms. The Morgan fingerprint density at radius 1 is 1.33 bits per heavy atom. The molecule has 0 spiro atoms. The fraction of sp³-hybridized carbons (Fsp3) is 0.111. The van der Waals surface area contributed by atoms with E-state index in [9.17, 15) is 0 Å². The van der Waals surface area contributed by atoms with Crippen molar-refractivity contribution in [3.05, 3.63) is 23.2 Å². The summed E-state index contributed by atoms with van der Waals surface area (Å²) in [5, 5.41) is 4.71. The van der Waals surface area contributed by atoms with E-state index in [2.05, 4.69) is 10.1 Å². The molecule has 0 aliphatic carbocycles. The standard InChI is InChI=1S/C9H10ClN5/c1-15-9(12)13-8(14-15)6-3-2-5(10)4-7(6)11/h2-4H,11H2,1H3,(H2,12,13,14). The number of hydrogen-bond acceptors (Lipinski definition) is 4. The number of rotatable bonds is 1. The van der Waals surface area contributed by atoms with Crippen LogP contribution in [-0.2, 0) is 7.05 Å². The van der Waals surface area contributed by atoms with Crippen molar-refractivity contribution in [1.82, 2.24) is 14.8 Å². The van der Waals surface area contributed by atoms with Crippen LogP contribution in [0.1, 0.15) is 0 Å². The fourth-order valence-electron chi connectivity index (χ4n) is 1.25. The second-order valence-electron chi connectivity index (χ2n) is 3.15. The number of aryl methyl sites for hydroxylation is 1. The van der Waals surface area contributed by atoms with E-state index in [0.717, 1.165) is 5.56 Å². The minimum Gasteiger partial charge on any atom is -0.398 e. The summed E-state index contributed by atoms with van der Waals surface area (Å²) in [5.74, 6) is 0.850. The molecule has 0 radical (unpaired) electrons. The monoisotopic (exact) mass is 223 g/mol. The van der Waals surface area contributed by atoms with E-state index in [4.69, 9.17) is 23.1 Å². The van der Waals surface area contributed by atoms with Crippen LogP contribution in [0, 0.1) is 0 Å². The lowest BCUT2D eigenvalue weighted by molar-refractivity contribution is 0.781. The summed E-state index contributed by atoms with van der Waals surface area (Å²) in [6.07, 6.45) is 0. The van der Waals surface area contributed by atoms with Gasteiger partial charge >= 0.3 is 0 Å². The second-order valence-corrected chi connectivity index (χ2v) is 3.59. The summed E-state index contributed by atoms with van der Waals surface area (Å²) in [7, 11) is 1.72. The van der Waals surface area contributed by atoms with Crippen LogP contribution in [0.3, 0.4) is 0 Å². The van der Waals surface area contributed by atoms with Crippen LogP contribution < -0.4 is 11.5 Å². The van der Waals surface area contributed by atoms with Gasteiger partial charge in [-0.15, -0.1) is 5.10 Å². The van der Waals surface area contributed by atoms with Gasteiger partial charge in [0.25, 0.3) is 0 Å². The van der Waals surface area contributed by atoms with Gasteiger partial charge in [0.05, 0.1) is 0 Å². The first kappa shape index (κ1) is 9.79. The quantitative estimate of drug-likeness (QED) is 0.714. The molecule has 5 nitrogen and oxygen atoms in total. The average Bonchev–Trinajstić information content (AvgIpc) is 2.46. The molecule has 15 heavy (non-hydrogen) atoms. The van der Waals surface area contributed by atoms with Gasteiger partial charge < -0.3 is 11.5 Å². The van der Waals surface area contributed by atoms with E-state index in [1.807, 2.05) is 0 Å². The topological polar surface area (TPSA) is 82.8 Å². The summed E-state index contributed by atoms with van der Waals surface area (Å²) in [6.45, 7) is 0. The van der Waals surface area contributed by atoms with Crippen molar-refractivity contribution in [3.63, 3.8) is 0 Å². The molecule has 0 aliphatic rings. The van der Waals surface area contributed by atoms with Gasteiger partial charge in [0.2, 0.25) is 5.95 Å². The molecule has 0 atom stereocenters. The summed E-state index contributed by atoms with van der Waals surface area (Å²) in [5.41, 5.74) is 12.6. The number of benzene rings is 1. The highest BCUT2D eigenvalue weighted by Gasteiger charge is 2.09. The molecule has 1 heterocycles. The molecule has 0 aliphatic heterocycles. The fourth-order valence-corrected chi connectivity index (χ4v) is 1.43. The Labute approximate surface area is 91.7 Å². The number of nitrogens with two attached hydrogens (primary N) is 2. The highest BCUT2D eigenvalue weighted by molar-refractivity contribution is 6.31. The maximum Gasteiger partial charge on any atom is 0.218 e. The van der Waals surface area contributed by atoms with Crippen LogP contribution in [0.25, 0.3) is 11.4 Å². The zero-order valence-corrected chi connectivity index (χ0v) is 8.86. The number of anilines is 2. The number of halogens is 1. The molecule has 0 fully saturated rings. The Morgan fingerprint density at radius 3 is 2.60 bits per heavy atom. The number of nitrogens with zero attached hydrogens (tertiary/aromatic N) is 3. The van der Waals surface area contributed by atoms with Gasteiger partial charge in [-0.1, -0.05) is 11.6 Å². The molecule has 0 bridgehead atoms. The van der Waals surface area contributed by atoms with Crippen LogP contribution in [0.2, 0.25) is 5.02 Å². The summed E-state index contributed by atoms with van der Waals surface area (Å²) in [6, 6.07) is 5.16. The van der Waals surface area contributed by atoms with Crippen LogP contribution in [-0.4, -0.2) is 14.8 Å². The molecule has 0 saturated heterocycles. The molecule has 2 aromatic rings. The van der Waals surface area contributed by atoms with Gasteiger partial charge in [-0.2, -0.15) is 4.98 Å². The second kappa shape index (κ2) is 3.43. The maximum absolute atomic E-state index is 5.80. The van der Waals surface area contributed by atoms with Crippen LogP contribution in [0.4, 0.5) is 11.6 Å². The lowest BCUT2D eigenvalue weighted by Crippen LogP contribution is -1.97. The molecule has 0 unspecified atom stereocenters. The van der Waals surface area contributed by atoms with E-state index in [1.54, 1.807) is 25.2 Å². The maximum atomic E-state index is 5.80. The molecule has 0 amide bonds. The van der Waals surface area contributed by atoms with Gasteiger partial charge in [-0.25, -0.2) is 4.68 Å². The Morgan fingerprint density at radius 2 is 2.07 bits per heavy atom. The van der Waals surface area contributed by atoms with Crippen molar-refractivity contribution >= 4 is 23.2 Å². The first-order chi connectivity index (χ1) is 7.08. The molecule has 1 aromatic carbocycles. The van der Waals surface area contributed by atoms with Crippen molar-refractivity contribution in [2.75, 3.05) is 11.5 Å². The van der Waals surface area contributed by atoms with E-state index in [1.165, 1.54) is 4.68 Å². The van der Waals surface area contributed by atoms with Gasteiger partial charge in [0.15, 0.2) is 5.82 Å². The third-order valence-corrected chi connectivity index (χ3v) is 2.29. The minimum atomic E-state index is 0.347. The van der Waals surface area contributed by atoms with Crippen molar-refractivity contribution in [2.45, 2.75) is 0 Å². The van der Waals surface area contributed by atoms with E-state index < -0.39 is 0 Å². The van der Waals surface area contributed by atoms with Crippen LogP contribution >= 0.6 is 11.6 Å². The Hall–Kier alpha value is -1.75. The number of nitrogen functional groups attached to an aromatic ring is 2. The highest BCUT2D eigenvalue weighted by Crippen LogP contribution is 2.26. The summed E-state index contributed by atoms with van der Waals surface area (Å²) in [4.78, 5) is 4.08. The normalized spacial score (nSPS) is 10.5. The molecule has 4 N–H and O–H groups in total. The minimum absolute atomic E-state index is 0.347. The molecule has 0 saturated carbocycles.